The number of para-hydroxylation sites is 1. The van der Waals surface area contributed by atoms with Crippen molar-refractivity contribution in [2.75, 3.05) is 10.6 Å². The highest BCUT2D eigenvalue weighted by Gasteiger charge is 2.15. The largest absolute Gasteiger partial charge is 0.325 e. The molecule has 0 saturated heterocycles. The smallest absolute Gasteiger partial charge is 0.235 e. The molecular weight excluding hydrogens is 354 g/mol. The maximum atomic E-state index is 12.6. The standard InChI is InChI=1S/C16H13BrClNO2/c1-10-6-11(8-12(18)7-10)16(21)13-4-2-3-5-14(13)19-15(20)9-17/h2-8H,9H2,1H3,(H,19,20). The molecule has 0 aliphatic rings. The molecule has 0 saturated carbocycles. The van der Waals surface area contributed by atoms with Crippen molar-refractivity contribution in [2.24, 2.45) is 0 Å². The number of hydrogen-bond donors (Lipinski definition) is 1. The van der Waals surface area contributed by atoms with Crippen LogP contribution in [0.4, 0.5) is 5.69 Å². The minimum absolute atomic E-state index is 0.172. The molecule has 0 aliphatic heterocycles. The summed E-state index contributed by atoms with van der Waals surface area (Å²) in [6, 6.07) is 12.1. The number of ketones is 1. The summed E-state index contributed by atoms with van der Waals surface area (Å²) in [6.45, 7) is 1.88. The highest BCUT2D eigenvalue weighted by molar-refractivity contribution is 9.09. The van der Waals surface area contributed by atoms with Crippen LogP contribution < -0.4 is 5.32 Å². The summed E-state index contributed by atoms with van der Waals surface area (Å²) in [6.07, 6.45) is 0. The first-order valence-corrected chi connectivity index (χ1v) is 7.78. The number of carbonyl (C=O) groups excluding carboxylic acids is 2. The average Bonchev–Trinajstić information content (AvgIpc) is 2.46. The molecule has 0 aliphatic carbocycles. The lowest BCUT2D eigenvalue weighted by molar-refractivity contribution is -0.113. The Morgan fingerprint density at radius 1 is 1.19 bits per heavy atom. The fourth-order valence-corrected chi connectivity index (χ4v) is 2.43. The number of hydrogen-bond acceptors (Lipinski definition) is 2. The number of amides is 1. The van der Waals surface area contributed by atoms with Crippen molar-refractivity contribution in [1.29, 1.82) is 0 Å². The number of alkyl halides is 1. The van der Waals surface area contributed by atoms with Gasteiger partial charge in [0, 0.05) is 16.1 Å². The molecule has 2 aromatic carbocycles. The van der Waals surface area contributed by atoms with E-state index in [0.29, 0.717) is 21.8 Å². The van der Waals surface area contributed by atoms with E-state index >= 15 is 0 Å². The van der Waals surface area contributed by atoms with E-state index in [1.165, 1.54) is 0 Å². The van der Waals surface area contributed by atoms with Crippen molar-refractivity contribution >= 4 is 44.9 Å². The number of anilines is 1. The normalized spacial score (nSPS) is 10.2. The maximum Gasteiger partial charge on any atom is 0.235 e. The Morgan fingerprint density at radius 2 is 1.90 bits per heavy atom. The lowest BCUT2D eigenvalue weighted by Crippen LogP contribution is -2.15. The highest BCUT2D eigenvalue weighted by atomic mass is 79.9. The van der Waals surface area contributed by atoms with Crippen LogP contribution in [0.2, 0.25) is 5.02 Å². The van der Waals surface area contributed by atoms with Crippen LogP contribution in [0, 0.1) is 6.92 Å². The summed E-state index contributed by atoms with van der Waals surface area (Å²) >= 11 is 9.08. The lowest BCUT2D eigenvalue weighted by Gasteiger charge is -2.10. The van der Waals surface area contributed by atoms with E-state index in [2.05, 4.69) is 21.2 Å². The van der Waals surface area contributed by atoms with Gasteiger partial charge in [-0.2, -0.15) is 0 Å². The molecule has 0 aromatic heterocycles. The van der Waals surface area contributed by atoms with Crippen LogP contribution in [0.15, 0.2) is 42.5 Å². The molecule has 5 heteroatoms. The monoisotopic (exact) mass is 365 g/mol. The van der Waals surface area contributed by atoms with Gasteiger partial charge in [-0.15, -0.1) is 0 Å². The van der Waals surface area contributed by atoms with E-state index < -0.39 is 0 Å². The SMILES string of the molecule is Cc1cc(Cl)cc(C(=O)c2ccccc2NC(=O)CBr)c1. The first kappa shape index (κ1) is 15.7. The molecule has 0 heterocycles. The molecule has 2 aromatic rings. The van der Waals surface area contributed by atoms with Gasteiger partial charge in [-0.3, -0.25) is 9.59 Å². The van der Waals surface area contributed by atoms with Crippen molar-refractivity contribution in [3.05, 3.63) is 64.2 Å². The maximum absolute atomic E-state index is 12.6. The minimum Gasteiger partial charge on any atom is -0.325 e. The second-order valence-electron chi connectivity index (χ2n) is 4.57. The molecule has 3 nitrogen and oxygen atoms in total. The van der Waals surface area contributed by atoms with Gasteiger partial charge in [-0.1, -0.05) is 39.7 Å². The van der Waals surface area contributed by atoms with Gasteiger partial charge in [0.2, 0.25) is 5.91 Å². The molecule has 108 valence electrons. The van der Waals surface area contributed by atoms with E-state index in [1.807, 2.05) is 6.92 Å². The summed E-state index contributed by atoms with van der Waals surface area (Å²) in [7, 11) is 0. The van der Waals surface area contributed by atoms with Crippen molar-refractivity contribution in [3.8, 4) is 0 Å². The number of carbonyl (C=O) groups is 2. The summed E-state index contributed by atoms with van der Waals surface area (Å²) < 4.78 is 0. The Balaban J connectivity index is 2.41. The van der Waals surface area contributed by atoms with E-state index in [9.17, 15) is 9.59 Å². The molecule has 1 N–H and O–H groups in total. The quantitative estimate of drug-likeness (QED) is 0.651. The zero-order valence-electron chi connectivity index (χ0n) is 11.3. The number of nitrogens with one attached hydrogen (secondary N) is 1. The van der Waals surface area contributed by atoms with Gasteiger partial charge in [0.1, 0.15) is 0 Å². The fraction of sp³-hybridized carbons (Fsp3) is 0.125. The van der Waals surface area contributed by atoms with E-state index in [0.717, 1.165) is 5.56 Å². The second-order valence-corrected chi connectivity index (χ2v) is 5.57. The second kappa shape index (κ2) is 6.87. The van der Waals surface area contributed by atoms with Crippen molar-refractivity contribution in [1.82, 2.24) is 0 Å². The Labute approximate surface area is 136 Å². The first-order chi connectivity index (χ1) is 10.0. The Hall–Kier alpha value is -1.65. The molecule has 0 atom stereocenters. The van der Waals surface area contributed by atoms with Crippen LogP contribution in [0.5, 0.6) is 0 Å². The van der Waals surface area contributed by atoms with Gasteiger partial charge < -0.3 is 5.32 Å². The summed E-state index contributed by atoms with van der Waals surface area (Å²) in [4.78, 5) is 24.1. The molecule has 0 radical (unpaired) electrons. The summed E-state index contributed by atoms with van der Waals surface area (Å²) in [5.74, 6) is -0.386. The van der Waals surface area contributed by atoms with Crippen molar-refractivity contribution < 1.29 is 9.59 Å². The van der Waals surface area contributed by atoms with Crippen molar-refractivity contribution in [3.63, 3.8) is 0 Å². The van der Waals surface area contributed by atoms with Gasteiger partial charge in [0.25, 0.3) is 0 Å². The molecule has 0 unspecified atom stereocenters. The Kier molecular flexibility index (Phi) is 5.15. The number of halogens is 2. The van der Waals surface area contributed by atoms with Crippen LogP contribution in [-0.2, 0) is 4.79 Å². The molecule has 0 bridgehead atoms. The minimum atomic E-state index is -0.211. The van der Waals surface area contributed by atoms with Crippen LogP contribution in [0.3, 0.4) is 0 Å². The first-order valence-electron chi connectivity index (χ1n) is 6.28. The summed E-state index contributed by atoms with van der Waals surface area (Å²) in [5, 5.41) is 3.39. The van der Waals surface area contributed by atoms with Gasteiger partial charge in [-0.05, 0) is 42.8 Å². The third kappa shape index (κ3) is 3.93. The van der Waals surface area contributed by atoms with Crippen LogP contribution in [-0.4, -0.2) is 17.0 Å². The van der Waals surface area contributed by atoms with Crippen LogP contribution in [0.25, 0.3) is 0 Å². The predicted octanol–water partition coefficient (Wildman–Crippen LogP) is 4.21. The van der Waals surface area contributed by atoms with E-state index in [1.54, 1.807) is 42.5 Å². The van der Waals surface area contributed by atoms with E-state index in [-0.39, 0.29) is 17.0 Å². The van der Waals surface area contributed by atoms with Gasteiger partial charge >= 0.3 is 0 Å². The molecule has 0 spiro atoms. The topological polar surface area (TPSA) is 46.2 Å². The van der Waals surface area contributed by atoms with Crippen molar-refractivity contribution in [2.45, 2.75) is 6.92 Å². The van der Waals surface area contributed by atoms with Gasteiger partial charge in [0.05, 0.1) is 11.0 Å². The highest BCUT2D eigenvalue weighted by Crippen LogP contribution is 2.22. The molecule has 1 amide bonds. The third-order valence-electron chi connectivity index (χ3n) is 2.87. The number of aryl methyl sites for hydroxylation is 1. The summed E-state index contributed by atoms with van der Waals surface area (Å²) in [5.41, 5.74) is 2.34. The molecule has 2 rings (SSSR count). The van der Waals surface area contributed by atoms with Gasteiger partial charge in [-0.25, -0.2) is 0 Å². The third-order valence-corrected chi connectivity index (χ3v) is 3.60. The zero-order valence-corrected chi connectivity index (χ0v) is 13.7. The fourth-order valence-electron chi connectivity index (χ4n) is 2.00. The van der Waals surface area contributed by atoms with E-state index in [4.69, 9.17) is 11.6 Å². The van der Waals surface area contributed by atoms with Crippen LogP contribution in [0.1, 0.15) is 21.5 Å². The Bertz CT molecular complexity index is 680. The Morgan fingerprint density at radius 3 is 2.57 bits per heavy atom. The van der Waals surface area contributed by atoms with Crippen LogP contribution >= 0.6 is 27.5 Å². The molecule has 21 heavy (non-hydrogen) atoms. The predicted molar refractivity (Wildman–Crippen MR) is 88.5 cm³/mol. The number of rotatable bonds is 4. The molecular formula is C16H13BrClNO2. The number of benzene rings is 2. The van der Waals surface area contributed by atoms with Gasteiger partial charge in [0.15, 0.2) is 5.78 Å². The lowest BCUT2D eigenvalue weighted by atomic mass is 10.00. The zero-order chi connectivity index (χ0) is 15.4. The molecule has 0 fully saturated rings. The average molecular weight is 367 g/mol.